The molecule has 0 amide bonds. The van der Waals surface area contributed by atoms with Crippen molar-refractivity contribution < 1.29 is 27.4 Å². The molecule has 0 saturated heterocycles. The van der Waals surface area contributed by atoms with Gasteiger partial charge in [-0.2, -0.15) is 0 Å². The number of ether oxygens (including phenoxy) is 1. The first-order chi connectivity index (χ1) is 10.3. The van der Waals surface area contributed by atoms with Gasteiger partial charge in [0.1, 0.15) is 11.6 Å². The molecule has 0 unspecified atom stereocenters. The Morgan fingerprint density at radius 2 is 1.82 bits per heavy atom. The maximum atomic E-state index is 13.3. The summed E-state index contributed by atoms with van der Waals surface area (Å²) < 4.78 is 44.8. The minimum atomic E-state index is -4.05. The third-order valence-corrected chi connectivity index (χ3v) is 4.19. The molecule has 2 aromatic carbocycles. The summed E-state index contributed by atoms with van der Waals surface area (Å²) in [7, 11) is -2.58. The summed E-state index contributed by atoms with van der Waals surface area (Å²) in [4.78, 5) is 10.4. The van der Waals surface area contributed by atoms with Gasteiger partial charge in [-0.3, -0.25) is 4.72 Å². The summed E-state index contributed by atoms with van der Waals surface area (Å²) in [6.45, 7) is 0. The van der Waals surface area contributed by atoms with Gasteiger partial charge in [0.15, 0.2) is 0 Å². The van der Waals surface area contributed by atoms with E-state index in [9.17, 15) is 22.7 Å². The monoisotopic (exact) mass is 324 g/mol. The van der Waals surface area contributed by atoms with Gasteiger partial charge in [-0.05, 0) is 42.5 Å². The second kappa shape index (κ2) is 6.02. The molecule has 116 valence electrons. The van der Waals surface area contributed by atoms with E-state index in [1.165, 1.54) is 19.2 Å². The lowest BCUT2D eigenvalue weighted by Gasteiger charge is -2.11. The van der Waals surface area contributed by atoms with E-state index in [-0.39, 0.29) is 10.6 Å². The van der Waals surface area contributed by atoms with Crippen LogP contribution >= 0.6 is 0 Å². The highest BCUT2D eigenvalue weighted by molar-refractivity contribution is 7.92. The fourth-order valence-corrected chi connectivity index (χ4v) is 2.79. The number of sulfonamides is 1. The number of carboxylic acid groups (broad SMARTS) is 1. The number of benzene rings is 2. The predicted molar refractivity (Wildman–Crippen MR) is 74.5 cm³/mol. The smallest absolute Gasteiger partial charge is 0.261 e. The highest BCUT2D eigenvalue weighted by Crippen LogP contribution is 2.20. The number of rotatable bonds is 5. The van der Waals surface area contributed by atoms with Gasteiger partial charge in [0, 0.05) is 11.3 Å². The van der Waals surface area contributed by atoms with Crippen molar-refractivity contribution in [1.82, 2.24) is 0 Å². The number of hydrogen-bond acceptors (Lipinski definition) is 5. The first kappa shape index (κ1) is 15.8. The molecule has 2 rings (SSSR count). The molecule has 0 spiro atoms. The molecule has 8 heteroatoms. The summed E-state index contributed by atoms with van der Waals surface area (Å²) >= 11 is 0. The average molecular weight is 324 g/mol. The Morgan fingerprint density at radius 3 is 2.36 bits per heavy atom. The molecular weight excluding hydrogens is 313 g/mol. The Morgan fingerprint density at radius 1 is 1.18 bits per heavy atom. The van der Waals surface area contributed by atoms with Crippen molar-refractivity contribution in [1.29, 1.82) is 0 Å². The van der Waals surface area contributed by atoms with Crippen LogP contribution in [-0.4, -0.2) is 21.5 Å². The Labute approximate surface area is 126 Å². The lowest BCUT2D eigenvalue weighted by Crippen LogP contribution is -2.24. The quantitative estimate of drug-likeness (QED) is 0.885. The van der Waals surface area contributed by atoms with Crippen molar-refractivity contribution in [2.75, 3.05) is 11.8 Å². The minimum Gasteiger partial charge on any atom is -0.545 e. The van der Waals surface area contributed by atoms with Crippen molar-refractivity contribution in [3.05, 3.63) is 53.8 Å². The normalized spacial score (nSPS) is 11.0. The summed E-state index contributed by atoms with van der Waals surface area (Å²) in [5, 5.41) is 10.7. The van der Waals surface area contributed by atoms with Crippen LogP contribution in [0.15, 0.2) is 47.4 Å². The maximum absolute atomic E-state index is 13.3. The molecule has 2 aromatic rings. The molecule has 0 aliphatic heterocycles. The van der Waals surface area contributed by atoms with Gasteiger partial charge in [0.2, 0.25) is 0 Å². The topological polar surface area (TPSA) is 95.5 Å². The van der Waals surface area contributed by atoms with Gasteiger partial charge in [0.25, 0.3) is 10.0 Å². The fraction of sp³-hybridized carbons (Fsp3) is 0.0714. The van der Waals surface area contributed by atoms with E-state index in [0.717, 1.165) is 12.1 Å². The zero-order valence-corrected chi connectivity index (χ0v) is 12.2. The fourth-order valence-electron chi connectivity index (χ4n) is 1.70. The standard InChI is InChI=1S/C14H12FNO5S/c1-21-10-4-2-9(3-5-10)16-22(19,20)11-6-7-13(15)12(8-11)14(17)18/h2-8,16H,1H3,(H,17,18)/p-1. The first-order valence-electron chi connectivity index (χ1n) is 6.01. The molecule has 0 heterocycles. The van der Waals surface area contributed by atoms with Crippen LogP contribution in [0.1, 0.15) is 10.4 Å². The number of aromatic carboxylic acids is 1. The van der Waals surface area contributed by atoms with Crippen LogP contribution in [0.2, 0.25) is 0 Å². The number of hydrogen-bond donors (Lipinski definition) is 1. The van der Waals surface area contributed by atoms with Crippen LogP contribution in [0, 0.1) is 5.82 Å². The Hall–Kier alpha value is -2.61. The van der Waals surface area contributed by atoms with Crippen LogP contribution in [0.3, 0.4) is 0 Å². The molecule has 1 N–H and O–H groups in total. The van der Waals surface area contributed by atoms with Crippen molar-refractivity contribution >= 4 is 21.7 Å². The summed E-state index contributed by atoms with van der Waals surface area (Å²) in [5.41, 5.74) is -0.572. The Bertz CT molecular complexity index is 802. The highest BCUT2D eigenvalue weighted by Gasteiger charge is 2.17. The zero-order valence-electron chi connectivity index (χ0n) is 11.4. The second-order valence-corrected chi connectivity index (χ2v) is 5.95. The van der Waals surface area contributed by atoms with Gasteiger partial charge in [-0.15, -0.1) is 0 Å². The van der Waals surface area contributed by atoms with Crippen LogP contribution in [0.5, 0.6) is 5.75 Å². The summed E-state index contributed by atoms with van der Waals surface area (Å²) in [6.07, 6.45) is 0. The van der Waals surface area contributed by atoms with Crippen molar-refractivity contribution in [2.45, 2.75) is 4.90 Å². The first-order valence-corrected chi connectivity index (χ1v) is 7.49. The molecule has 6 nitrogen and oxygen atoms in total. The summed E-state index contributed by atoms with van der Waals surface area (Å²) in [6, 6.07) is 8.47. The van der Waals surface area contributed by atoms with E-state index < -0.39 is 27.4 Å². The van der Waals surface area contributed by atoms with E-state index >= 15 is 0 Å². The zero-order chi connectivity index (χ0) is 16.3. The number of nitrogens with one attached hydrogen (secondary N) is 1. The molecule has 22 heavy (non-hydrogen) atoms. The van der Waals surface area contributed by atoms with Crippen LogP contribution in [0.25, 0.3) is 0 Å². The van der Waals surface area contributed by atoms with Crippen molar-refractivity contribution in [3.8, 4) is 5.75 Å². The van der Waals surface area contributed by atoms with Gasteiger partial charge in [-0.1, -0.05) is 0 Å². The number of carbonyl (C=O) groups is 1. The third-order valence-electron chi connectivity index (χ3n) is 2.81. The number of carboxylic acids is 1. The summed E-state index contributed by atoms with van der Waals surface area (Å²) in [5.74, 6) is -2.31. The number of methoxy groups -OCH3 is 1. The van der Waals surface area contributed by atoms with Gasteiger partial charge < -0.3 is 14.6 Å². The molecule has 0 aliphatic rings. The average Bonchev–Trinajstić information content (AvgIpc) is 2.47. The lowest BCUT2D eigenvalue weighted by atomic mass is 10.2. The predicted octanol–water partition coefficient (Wildman–Crippen LogP) is 0.999. The largest absolute Gasteiger partial charge is 0.545 e. The SMILES string of the molecule is COc1ccc(NS(=O)(=O)c2ccc(F)c(C(=O)[O-])c2)cc1. The van der Waals surface area contributed by atoms with Gasteiger partial charge in [-0.25, -0.2) is 12.8 Å². The maximum Gasteiger partial charge on any atom is 0.261 e. The third kappa shape index (κ3) is 3.34. The van der Waals surface area contributed by atoms with E-state index in [0.29, 0.717) is 11.8 Å². The highest BCUT2D eigenvalue weighted by atomic mass is 32.2. The Kier molecular flexibility index (Phi) is 4.32. The second-order valence-electron chi connectivity index (χ2n) is 4.26. The molecule has 0 fully saturated rings. The molecule has 0 atom stereocenters. The molecule has 0 bridgehead atoms. The molecule has 0 saturated carbocycles. The van der Waals surface area contributed by atoms with E-state index in [2.05, 4.69) is 4.72 Å². The minimum absolute atomic E-state index is 0.250. The van der Waals surface area contributed by atoms with E-state index in [4.69, 9.17) is 4.74 Å². The molecule has 0 aliphatic carbocycles. The molecule has 0 aromatic heterocycles. The molecule has 0 radical (unpaired) electrons. The van der Waals surface area contributed by atoms with E-state index in [1.807, 2.05) is 0 Å². The van der Waals surface area contributed by atoms with E-state index in [1.54, 1.807) is 12.1 Å². The number of anilines is 1. The van der Waals surface area contributed by atoms with Crippen LogP contribution in [-0.2, 0) is 10.0 Å². The van der Waals surface area contributed by atoms with Crippen LogP contribution in [0.4, 0.5) is 10.1 Å². The number of carbonyl (C=O) groups excluding carboxylic acids is 1. The van der Waals surface area contributed by atoms with Gasteiger partial charge in [0.05, 0.1) is 18.0 Å². The molecular formula is C14H11FNO5S-. The van der Waals surface area contributed by atoms with Gasteiger partial charge >= 0.3 is 0 Å². The number of halogens is 1. The van der Waals surface area contributed by atoms with Crippen molar-refractivity contribution in [2.24, 2.45) is 0 Å². The van der Waals surface area contributed by atoms with Crippen LogP contribution < -0.4 is 14.6 Å². The Balaban J connectivity index is 2.33. The van der Waals surface area contributed by atoms with Crippen molar-refractivity contribution in [3.63, 3.8) is 0 Å². The lowest BCUT2D eigenvalue weighted by molar-refractivity contribution is -0.255.